The van der Waals surface area contributed by atoms with Gasteiger partial charge in [0.2, 0.25) is 0 Å². The number of hydrogen-bond acceptors (Lipinski definition) is 4. The van der Waals surface area contributed by atoms with Crippen LogP contribution >= 0.6 is 12.4 Å². The molecular formula is C21H21ClF4N2O3. The molecule has 0 radical (unpaired) electrons. The molecule has 10 heteroatoms. The van der Waals surface area contributed by atoms with E-state index in [9.17, 15) is 22.4 Å². The van der Waals surface area contributed by atoms with Gasteiger partial charge in [0, 0.05) is 36.3 Å². The Labute approximate surface area is 182 Å². The van der Waals surface area contributed by atoms with Gasteiger partial charge in [-0.05, 0) is 43.7 Å². The predicted octanol–water partition coefficient (Wildman–Crippen LogP) is 4.23. The lowest BCUT2D eigenvalue weighted by atomic mass is 9.98. The lowest BCUT2D eigenvalue weighted by Crippen LogP contribution is -2.40. The highest BCUT2D eigenvalue weighted by molar-refractivity contribution is 6.12. The molecule has 1 aliphatic heterocycles. The highest BCUT2D eigenvalue weighted by Gasteiger charge is 2.25. The molecular weight excluding hydrogens is 440 g/mol. The third kappa shape index (κ3) is 6.93. The Morgan fingerprint density at radius 3 is 2.00 bits per heavy atom. The number of rotatable bonds is 7. The van der Waals surface area contributed by atoms with Crippen LogP contribution in [-0.2, 0) is 9.63 Å². The van der Waals surface area contributed by atoms with Crippen molar-refractivity contribution >= 4 is 24.1 Å². The summed E-state index contributed by atoms with van der Waals surface area (Å²) in [6.45, 7) is 1.55. The molecule has 168 valence electrons. The smallest absolute Gasteiger partial charge is 0.307 e. The highest BCUT2D eigenvalue weighted by Crippen LogP contribution is 2.18. The van der Waals surface area contributed by atoms with Gasteiger partial charge in [-0.25, -0.2) is 17.6 Å². The number of nitrogens with zero attached hydrogens (tertiary/aromatic N) is 2. The summed E-state index contributed by atoms with van der Waals surface area (Å²) in [6.07, 6.45) is 1.36. The maximum atomic E-state index is 13.7. The second-order valence-electron chi connectivity index (χ2n) is 7.07. The molecule has 1 fully saturated rings. The van der Waals surface area contributed by atoms with Crippen LogP contribution < -0.4 is 0 Å². The molecule has 2 aromatic carbocycles. The number of halogens is 5. The molecule has 1 saturated heterocycles. The van der Waals surface area contributed by atoms with Crippen LogP contribution in [-0.4, -0.2) is 47.9 Å². The summed E-state index contributed by atoms with van der Waals surface area (Å²) < 4.78 is 54.6. The van der Waals surface area contributed by atoms with Crippen molar-refractivity contribution in [3.8, 4) is 0 Å². The van der Waals surface area contributed by atoms with Crippen molar-refractivity contribution in [3.63, 3.8) is 0 Å². The molecule has 3 rings (SSSR count). The van der Waals surface area contributed by atoms with Gasteiger partial charge < -0.3 is 9.94 Å². The number of carboxylic acid groups (broad SMARTS) is 1. The first-order valence-electron chi connectivity index (χ1n) is 9.40. The molecule has 0 unspecified atom stereocenters. The van der Waals surface area contributed by atoms with E-state index in [1.165, 1.54) is 0 Å². The molecule has 5 nitrogen and oxygen atoms in total. The van der Waals surface area contributed by atoms with Crippen LogP contribution in [0.4, 0.5) is 17.6 Å². The maximum absolute atomic E-state index is 13.7. The molecule has 1 aliphatic rings. The summed E-state index contributed by atoms with van der Waals surface area (Å²) in [5, 5.41) is 13.0. The third-order valence-corrected chi connectivity index (χ3v) is 4.78. The first-order chi connectivity index (χ1) is 14.3. The van der Waals surface area contributed by atoms with Crippen molar-refractivity contribution in [2.45, 2.75) is 12.8 Å². The number of likely N-dealkylation sites (tertiary alicyclic amines) is 1. The quantitative estimate of drug-likeness (QED) is 0.291. The van der Waals surface area contributed by atoms with E-state index in [1.54, 1.807) is 0 Å². The van der Waals surface area contributed by atoms with E-state index in [0.717, 1.165) is 30.7 Å². The number of benzene rings is 2. The number of oxime groups is 1. The molecule has 0 amide bonds. The molecule has 0 aromatic heterocycles. The van der Waals surface area contributed by atoms with Crippen LogP contribution in [0, 0.1) is 29.2 Å². The van der Waals surface area contributed by atoms with Crippen LogP contribution in [0.15, 0.2) is 41.6 Å². The Morgan fingerprint density at radius 1 is 1.00 bits per heavy atom. The van der Waals surface area contributed by atoms with Crippen LogP contribution in [0.5, 0.6) is 0 Å². The number of carboxylic acids is 1. The van der Waals surface area contributed by atoms with Crippen molar-refractivity contribution in [3.05, 3.63) is 70.8 Å². The first kappa shape index (κ1) is 24.6. The van der Waals surface area contributed by atoms with E-state index in [2.05, 4.69) is 5.16 Å². The van der Waals surface area contributed by atoms with Crippen molar-refractivity contribution in [2.75, 3.05) is 26.2 Å². The Hall–Kier alpha value is -2.65. The predicted molar refractivity (Wildman–Crippen MR) is 108 cm³/mol. The van der Waals surface area contributed by atoms with Gasteiger partial charge in [0.05, 0.1) is 5.92 Å². The number of aliphatic carboxylic acids is 1. The van der Waals surface area contributed by atoms with Crippen LogP contribution in [0.3, 0.4) is 0 Å². The summed E-state index contributed by atoms with van der Waals surface area (Å²) in [5.74, 6) is -4.78. The fraction of sp³-hybridized carbons (Fsp3) is 0.333. The van der Waals surface area contributed by atoms with E-state index in [0.29, 0.717) is 38.2 Å². The van der Waals surface area contributed by atoms with Gasteiger partial charge in [0.25, 0.3) is 0 Å². The van der Waals surface area contributed by atoms with Gasteiger partial charge in [-0.15, -0.1) is 12.4 Å². The minimum Gasteiger partial charge on any atom is -0.481 e. The minimum absolute atomic E-state index is 0. The first-order valence-corrected chi connectivity index (χ1v) is 9.40. The summed E-state index contributed by atoms with van der Waals surface area (Å²) in [7, 11) is 0. The van der Waals surface area contributed by atoms with Crippen molar-refractivity contribution in [1.29, 1.82) is 0 Å². The Morgan fingerprint density at radius 2 is 1.52 bits per heavy atom. The average molecular weight is 461 g/mol. The second-order valence-corrected chi connectivity index (χ2v) is 7.07. The van der Waals surface area contributed by atoms with Crippen molar-refractivity contribution in [1.82, 2.24) is 4.90 Å². The van der Waals surface area contributed by atoms with Gasteiger partial charge in [0.15, 0.2) is 0 Å². The third-order valence-electron chi connectivity index (χ3n) is 4.78. The lowest BCUT2D eigenvalue weighted by Gasteiger charge is -2.29. The van der Waals surface area contributed by atoms with Crippen molar-refractivity contribution in [2.24, 2.45) is 11.1 Å². The van der Waals surface area contributed by atoms with E-state index >= 15 is 0 Å². The molecule has 0 aliphatic carbocycles. The zero-order valence-electron chi connectivity index (χ0n) is 16.4. The number of hydrogen-bond donors (Lipinski definition) is 1. The van der Waals surface area contributed by atoms with Gasteiger partial charge in [-0.3, -0.25) is 9.69 Å². The van der Waals surface area contributed by atoms with E-state index in [4.69, 9.17) is 9.94 Å². The van der Waals surface area contributed by atoms with Crippen molar-refractivity contribution < 1.29 is 32.3 Å². The fourth-order valence-electron chi connectivity index (χ4n) is 3.39. The summed E-state index contributed by atoms with van der Waals surface area (Å²) in [5.41, 5.74) is -0.211. The maximum Gasteiger partial charge on any atom is 0.307 e. The Kier molecular flexibility index (Phi) is 8.82. The molecule has 1 heterocycles. The fourth-order valence-corrected chi connectivity index (χ4v) is 3.39. The zero-order chi connectivity index (χ0) is 21.7. The molecule has 2 aromatic rings. The van der Waals surface area contributed by atoms with E-state index in [1.807, 2.05) is 4.90 Å². The SMILES string of the molecule is Cl.O=C(O)[C@@H]1CCCN(CCON=C(c2cc(F)cc(F)c2)c2cc(F)cc(F)c2)C1. The van der Waals surface area contributed by atoms with Crippen LogP contribution in [0.2, 0.25) is 0 Å². The topological polar surface area (TPSA) is 62.1 Å². The normalized spacial score (nSPS) is 16.3. The zero-order valence-corrected chi connectivity index (χ0v) is 17.2. The molecule has 31 heavy (non-hydrogen) atoms. The minimum atomic E-state index is -0.873. The molecule has 1 N–H and O–H groups in total. The highest BCUT2D eigenvalue weighted by atomic mass is 35.5. The second kappa shape index (κ2) is 11.1. The number of carbonyl (C=O) groups is 1. The van der Waals surface area contributed by atoms with Gasteiger partial charge in [-0.2, -0.15) is 0 Å². The molecule has 0 spiro atoms. The van der Waals surface area contributed by atoms with Crippen LogP contribution in [0.1, 0.15) is 24.0 Å². The van der Waals surface area contributed by atoms with Gasteiger partial charge in [0.1, 0.15) is 35.6 Å². The lowest BCUT2D eigenvalue weighted by molar-refractivity contribution is -0.143. The summed E-state index contributed by atoms with van der Waals surface area (Å²) in [6, 6.07) is 5.27. The summed E-state index contributed by atoms with van der Waals surface area (Å²) in [4.78, 5) is 18.3. The van der Waals surface area contributed by atoms with Crippen LogP contribution in [0.25, 0.3) is 0 Å². The molecule has 1 atom stereocenters. The van der Waals surface area contributed by atoms with E-state index < -0.39 is 35.2 Å². The number of piperidine rings is 1. The molecule has 0 saturated carbocycles. The average Bonchev–Trinajstić information content (AvgIpc) is 2.66. The van der Waals surface area contributed by atoms with Gasteiger partial charge >= 0.3 is 5.97 Å². The standard InChI is InChI=1S/C21H20F4N2O3.ClH/c22-16-6-14(7-17(23)10-16)20(15-8-18(24)11-19(25)9-15)26-30-5-4-27-3-1-2-13(12-27)21(28)29;/h6-11,13H,1-5,12H2,(H,28,29);1H/t13-;/m1./s1. The van der Waals surface area contributed by atoms with E-state index in [-0.39, 0.29) is 35.9 Å². The monoisotopic (exact) mass is 460 g/mol. The van der Waals surface area contributed by atoms with Gasteiger partial charge in [-0.1, -0.05) is 5.16 Å². The molecule has 0 bridgehead atoms. The Balaban J connectivity index is 0.00000341. The largest absolute Gasteiger partial charge is 0.481 e. The Bertz CT molecular complexity index is 864. The summed E-state index contributed by atoms with van der Waals surface area (Å²) >= 11 is 0.